The Morgan fingerprint density at radius 2 is 1.91 bits per heavy atom. The average Bonchev–Trinajstić information content (AvgIpc) is 2.92. The number of hydrogen-bond donors (Lipinski definition) is 1. The van der Waals surface area contributed by atoms with Crippen molar-refractivity contribution in [3.63, 3.8) is 0 Å². The fourth-order valence-corrected chi connectivity index (χ4v) is 3.67. The van der Waals surface area contributed by atoms with Crippen molar-refractivity contribution in [1.82, 2.24) is 0 Å². The largest absolute Gasteiger partial charge is 0.497 e. The van der Waals surface area contributed by atoms with E-state index in [-0.39, 0.29) is 6.17 Å². The molecule has 0 radical (unpaired) electrons. The van der Waals surface area contributed by atoms with Crippen LogP contribution in [0.3, 0.4) is 0 Å². The number of rotatable bonds is 2. The van der Waals surface area contributed by atoms with E-state index in [0.717, 1.165) is 22.2 Å². The number of guanidine groups is 1. The predicted octanol–water partition coefficient (Wildman–Crippen LogP) is 2.99. The van der Waals surface area contributed by atoms with E-state index in [4.69, 9.17) is 10.5 Å². The molecule has 2 aromatic rings. The highest BCUT2D eigenvalue weighted by Gasteiger charge is 2.35. The van der Waals surface area contributed by atoms with Crippen LogP contribution in [-0.2, 0) is 0 Å². The highest BCUT2D eigenvalue weighted by Crippen LogP contribution is 2.46. The van der Waals surface area contributed by atoms with Gasteiger partial charge in [0.05, 0.1) is 12.8 Å². The summed E-state index contributed by atoms with van der Waals surface area (Å²) in [7, 11) is 1.66. The van der Waals surface area contributed by atoms with Gasteiger partial charge in [0.2, 0.25) is 5.96 Å². The van der Waals surface area contributed by atoms with Crippen LogP contribution in [0.15, 0.2) is 63.4 Å². The van der Waals surface area contributed by atoms with Crippen molar-refractivity contribution in [3.05, 3.63) is 54.1 Å². The first-order chi connectivity index (χ1) is 10.8. The Labute approximate surface area is 132 Å². The van der Waals surface area contributed by atoms with E-state index >= 15 is 0 Å². The van der Waals surface area contributed by atoms with Gasteiger partial charge in [0.25, 0.3) is 0 Å². The maximum Gasteiger partial charge on any atom is 0.220 e. The molecule has 0 bridgehead atoms. The molecule has 1 atom stereocenters. The van der Waals surface area contributed by atoms with Crippen molar-refractivity contribution in [1.29, 1.82) is 0 Å². The summed E-state index contributed by atoms with van der Waals surface area (Å²) in [4.78, 5) is 12.2. The van der Waals surface area contributed by atoms with Crippen LogP contribution in [0.5, 0.6) is 5.75 Å². The summed E-state index contributed by atoms with van der Waals surface area (Å²) in [6, 6.07) is 16.1. The summed E-state index contributed by atoms with van der Waals surface area (Å²) in [5.74, 6) is 1.13. The van der Waals surface area contributed by atoms with E-state index in [1.165, 1.54) is 4.90 Å². The molecule has 0 aliphatic carbocycles. The van der Waals surface area contributed by atoms with Gasteiger partial charge in [-0.05, 0) is 41.6 Å². The smallest absolute Gasteiger partial charge is 0.220 e. The number of anilines is 1. The molecule has 0 fully saturated rings. The lowest BCUT2D eigenvalue weighted by molar-refractivity contribution is 0.414. The molecule has 4 rings (SSSR count). The average molecular weight is 310 g/mol. The van der Waals surface area contributed by atoms with Crippen LogP contribution >= 0.6 is 11.8 Å². The second-order valence-electron chi connectivity index (χ2n) is 4.97. The summed E-state index contributed by atoms with van der Waals surface area (Å²) in [6.07, 6.45) is -0.199. The van der Waals surface area contributed by atoms with Gasteiger partial charge in [-0.25, -0.2) is 4.99 Å². The molecular formula is C16H14N4OS. The first-order valence-corrected chi connectivity index (χ1v) is 7.70. The van der Waals surface area contributed by atoms with Gasteiger partial charge >= 0.3 is 0 Å². The molecular weight excluding hydrogens is 296 g/mol. The van der Waals surface area contributed by atoms with Crippen LogP contribution in [0.4, 0.5) is 5.69 Å². The number of amidine groups is 1. The zero-order chi connectivity index (χ0) is 15.1. The number of methoxy groups -OCH3 is 1. The number of benzene rings is 2. The number of thioether (sulfide) groups is 1. The molecule has 2 aliphatic heterocycles. The predicted molar refractivity (Wildman–Crippen MR) is 89.6 cm³/mol. The molecule has 2 aliphatic rings. The molecule has 0 amide bonds. The fraction of sp³-hybridized carbons (Fsp3) is 0.125. The summed E-state index contributed by atoms with van der Waals surface area (Å²) in [6.45, 7) is 0. The number of ether oxygens (including phenoxy) is 1. The molecule has 22 heavy (non-hydrogen) atoms. The van der Waals surface area contributed by atoms with Gasteiger partial charge in [0.15, 0.2) is 11.3 Å². The number of nitrogens with two attached hydrogens (primary N) is 1. The van der Waals surface area contributed by atoms with Gasteiger partial charge in [-0.2, -0.15) is 4.99 Å². The Bertz CT molecular complexity index is 785. The van der Waals surface area contributed by atoms with E-state index in [2.05, 4.69) is 27.0 Å². The molecule has 5 nitrogen and oxygen atoms in total. The van der Waals surface area contributed by atoms with Gasteiger partial charge in [-0.15, -0.1) is 0 Å². The minimum Gasteiger partial charge on any atom is -0.497 e. The topological polar surface area (TPSA) is 63.2 Å². The molecule has 0 aromatic heterocycles. The Kier molecular flexibility index (Phi) is 3.04. The fourth-order valence-electron chi connectivity index (χ4n) is 2.62. The molecule has 0 unspecified atom stereocenters. The minimum atomic E-state index is -0.199. The lowest BCUT2D eigenvalue weighted by atomic mass is 10.1. The third-order valence-corrected chi connectivity index (χ3v) is 4.69. The van der Waals surface area contributed by atoms with E-state index in [1.807, 2.05) is 36.4 Å². The standard InChI is InChI=1S/C16H14N4OS/c1-21-11-8-6-10(7-9-11)14-18-15(17)19-16-20(14)12-4-2-3-5-13(12)22-16/h2-9,14H,1H3,(H2,17,18)/t14-/m1/s1. The number of aliphatic imine (C=N–C) groups is 2. The van der Waals surface area contributed by atoms with E-state index in [1.54, 1.807) is 18.9 Å². The lowest BCUT2D eigenvalue weighted by Gasteiger charge is -2.29. The van der Waals surface area contributed by atoms with E-state index in [0.29, 0.717) is 5.96 Å². The minimum absolute atomic E-state index is 0.199. The van der Waals surface area contributed by atoms with Crippen LogP contribution in [0.1, 0.15) is 11.7 Å². The van der Waals surface area contributed by atoms with Gasteiger partial charge in [-0.3, -0.25) is 4.90 Å². The maximum atomic E-state index is 5.91. The van der Waals surface area contributed by atoms with E-state index < -0.39 is 0 Å². The summed E-state index contributed by atoms with van der Waals surface area (Å²) in [5, 5.41) is 0.870. The summed E-state index contributed by atoms with van der Waals surface area (Å²) in [5.41, 5.74) is 8.07. The van der Waals surface area contributed by atoms with Gasteiger partial charge in [0.1, 0.15) is 5.75 Å². The summed E-state index contributed by atoms with van der Waals surface area (Å²) >= 11 is 1.62. The Hall–Kier alpha value is -2.47. The van der Waals surface area contributed by atoms with Gasteiger partial charge in [0, 0.05) is 4.90 Å². The van der Waals surface area contributed by atoms with Crippen molar-refractivity contribution in [3.8, 4) is 5.75 Å². The maximum absolute atomic E-state index is 5.91. The third-order valence-electron chi connectivity index (χ3n) is 3.66. The zero-order valence-corrected chi connectivity index (χ0v) is 12.7. The molecule has 0 spiro atoms. The van der Waals surface area contributed by atoms with Crippen molar-refractivity contribution in [2.45, 2.75) is 11.1 Å². The molecule has 0 saturated heterocycles. The van der Waals surface area contributed by atoms with Crippen LogP contribution in [0.2, 0.25) is 0 Å². The molecule has 6 heteroatoms. The second-order valence-corrected chi connectivity index (χ2v) is 5.98. The van der Waals surface area contributed by atoms with Crippen molar-refractivity contribution < 1.29 is 4.74 Å². The Morgan fingerprint density at radius 1 is 1.14 bits per heavy atom. The van der Waals surface area contributed by atoms with E-state index in [9.17, 15) is 0 Å². The second kappa shape index (κ2) is 5.06. The number of nitrogens with zero attached hydrogens (tertiary/aromatic N) is 3. The van der Waals surface area contributed by atoms with Gasteiger partial charge < -0.3 is 10.5 Å². The normalized spacial score (nSPS) is 19.1. The molecule has 110 valence electrons. The monoisotopic (exact) mass is 310 g/mol. The zero-order valence-electron chi connectivity index (χ0n) is 11.9. The third kappa shape index (κ3) is 2.03. The molecule has 2 N–H and O–H groups in total. The van der Waals surface area contributed by atoms with Crippen LogP contribution in [0.25, 0.3) is 0 Å². The molecule has 2 heterocycles. The van der Waals surface area contributed by atoms with Crippen LogP contribution < -0.4 is 15.4 Å². The SMILES string of the molecule is COc1ccc([C@@H]2N=C(N)N=C3Sc4ccccc4N32)cc1. The highest BCUT2D eigenvalue weighted by atomic mass is 32.2. The van der Waals surface area contributed by atoms with Crippen molar-refractivity contribution >= 4 is 28.6 Å². The first-order valence-electron chi connectivity index (χ1n) is 6.88. The number of hydrogen-bond acceptors (Lipinski definition) is 6. The lowest BCUT2D eigenvalue weighted by Crippen LogP contribution is -2.35. The number of fused-ring (bicyclic) bond motifs is 3. The summed E-state index contributed by atoms with van der Waals surface area (Å²) < 4.78 is 5.22. The van der Waals surface area contributed by atoms with Crippen LogP contribution in [0, 0.1) is 0 Å². The Morgan fingerprint density at radius 3 is 2.68 bits per heavy atom. The molecule has 2 aromatic carbocycles. The number of para-hydroxylation sites is 1. The van der Waals surface area contributed by atoms with Crippen molar-refractivity contribution in [2.24, 2.45) is 15.7 Å². The highest BCUT2D eigenvalue weighted by molar-refractivity contribution is 8.14. The first kappa shape index (κ1) is 13.2. The Balaban J connectivity index is 1.79. The van der Waals surface area contributed by atoms with Gasteiger partial charge in [-0.1, -0.05) is 24.3 Å². The molecule has 0 saturated carbocycles. The van der Waals surface area contributed by atoms with Crippen LogP contribution in [-0.4, -0.2) is 18.2 Å². The quantitative estimate of drug-likeness (QED) is 0.926. The van der Waals surface area contributed by atoms with Crippen molar-refractivity contribution in [2.75, 3.05) is 12.0 Å².